The van der Waals surface area contributed by atoms with Gasteiger partial charge in [0, 0.05) is 18.9 Å². The molecule has 9 heteroatoms. The first-order valence-corrected chi connectivity index (χ1v) is 11.2. The first-order chi connectivity index (χ1) is 16.4. The standard InChI is InChI=1S/C25H28N2O7/c28-13-25(14-33-15-25)12-26-23(31)21(9-10-22(29)30)27-24(32)34-11-20-18-7-3-1-5-16(18)17-6-2-4-8-19(17)20/h1-8,20-21,28H,9-15H2,(H,26,31)(H,27,32)(H,29,30). The maximum Gasteiger partial charge on any atom is 0.407 e. The number of carboxylic acids is 1. The number of ether oxygens (including phenoxy) is 2. The van der Waals surface area contributed by atoms with Gasteiger partial charge in [-0.25, -0.2) is 4.79 Å². The first kappa shape index (κ1) is 23.7. The highest BCUT2D eigenvalue weighted by molar-refractivity contribution is 5.86. The van der Waals surface area contributed by atoms with E-state index in [0.29, 0.717) is 13.2 Å². The van der Waals surface area contributed by atoms with Crippen LogP contribution in [0.3, 0.4) is 0 Å². The lowest BCUT2D eigenvalue weighted by molar-refractivity contribution is -0.141. The Morgan fingerprint density at radius 3 is 2.21 bits per heavy atom. The van der Waals surface area contributed by atoms with Crippen LogP contribution in [0.5, 0.6) is 0 Å². The molecule has 1 fully saturated rings. The Morgan fingerprint density at radius 1 is 1.06 bits per heavy atom. The Hall–Kier alpha value is -3.43. The Balaban J connectivity index is 1.38. The number of amides is 2. The SMILES string of the molecule is O=C(O)CCC(NC(=O)OCC1c2ccccc2-c2ccccc21)C(=O)NCC1(CO)COC1. The van der Waals surface area contributed by atoms with Crippen LogP contribution >= 0.6 is 0 Å². The normalized spacial score (nSPS) is 16.5. The minimum atomic E-state index is -1.08. The first-order valence-electron chi connectivity index (χ1n) is 11.2. The maximum atomic E-state index is 12.7. The predicted octanol–water partition coefficient (Wildman–Crippen LogP) is 1.88. The van der Waals surface area contributed by atoms with Crippen molar-refractivity contribution in [3.63, 3.8) is 0 Å². The number of nitrogens with one attached hydrogen (secondary N) is 2. The molecule has 0 radical (unpaired) electrons. The van der Waals surface area contributed by atoms with Crippen molar-refractivity contribution in [3.8, 4) is 11.1 Å². The lowest BCUT2D eigenvalue weighted by atomic mass is 9.87. The van der Waals surface area contributed by atoms with Crippen LogP contribution < -0.4 is 10.6 Å². The number of carbonyl (C=O) groups excluding carboxylic acids is 2. The Morgan fingerprint density at radius 2 is 1.68 bits per heavy atom. The second-order valence-corrected chi connectivity index (χ2v) is 8.82. The highest BCUT2D eigenvalue weighted by atomic mass is 16.5. The molecule has 0 saturated carbocycles. The molecule has 0 bridgehead atoms. The predicted molar refractivity (Wildman–Crippen MR) is 122 cm³/mol. The third-order valence-electron chi connectivity index (χ3n) is 6.39. The minimum absolute atomic E-state index is 0.0814. The summed E-state index contributed by atoms with van der Waals surface area (Å²) in [5.74, 6) is -1.74. The molecular formula is C25H28N2O7. The van der Waals surface area contributed by atoms with Crippen LogP contribution in [0.15, 0.2) is 48.5 Å². The second kappa shape index (κ2) is 10.2. The van der Waals surface area contributed by atoms with Gasteiger partial charge in [0.2, 0.25) is 5.91 Å². The summed E-state index contributed by atoms with van der Waals surface area (Å²) in [5, 5.41) is 23.7. The Bertz CT molecular complexity index is 1020. The summed E-state index contributed by atoms with van der Waals surface area (Å²) in [5.41, 5.74) is 3.78. The molecule has 1 saturated heterocycles. The lowest BCUT2D eigenvalue weighted by Gasteiger charge is -2.40. The van der Waals surface area contributed by atoms with Gasteiger partial charge in [0.15, 0.2) is 0 Å². The van der Waals surface area contributed by atoms with Crippen LogP contribution in [-0.4, -0.2) is 67.2 Å². The topological polar surface area (TPSA) is 134 Å². The number of aliphatic carboxylic acids is 1. The van der Waals surface area contributed by atoms with E-state index < -0.39 is 29.4 Å². The third-order valence-corrected chi connectivity index (χ3v) is 6.39. The average molecular weight is 469 g/mol. The van der Waals surface area contributed by atoms with Crippen LogP contribution in [0.2, 0.25) is 0 Å². The number of carbonyl (C=O) groups is 3. The van der Waals surface area contributed by atoms with E-state index in [1.54, 1.807) is 0 Å². The molecule has 1 heterocycles. The molecule has 4 N–H and O–H groups in total. The molecule has 9 nitrogen and oxygen atoms in total. The molecule has 2 aliphatic rings. The van der Waals surface area contributed by atoms with Crippen molar-refractivity contribution < 1.29 is 34.1 Å². The number of alkyl carbamates (subject to hydrolysis) is 1. The molecule has 2 aromatic carbocycles. The van der Waals surface area contributed by atoms with Crippen molar-refractivity contribution in [1.82, 2.24) is 10.6 Å². The van der Waals surface area contributed by atoms with Gasteiger partial charge < -0.3 is 30.3 Å². The largest absolute Gasteiger partial charge is 0.481 e. The summed E-state index contributed by atoms with van der Waals surface area (Å²) in [7, 11) is 0. The zero-order chi connectivity index (χ0) is 24.1. The van der Waals surface area contributed by atoms with Crippen LogP contribution in [0, 0.1) is 5.41 Å². The van der Waals surface area contributed by atoms with Gasteiger partial charge in [0.05, 0.1) is 25.2 Å². The number of hydrogen-bond donors (Lipinski definition) is 4. The fourth-order valence-electron chi connectivity index (χ4n) is 4.36. The molecular weight excluding hydrogens is 440 g/mol. The molecule has 1 unspecified atom stereocenters. The van der Waals surface area contributed by atoms with Gasteiger partial charge in [0.1, 0.15) is 12.6 Å². The van der Waals surface area contributed by atoms with E-state index in [-0.39, 0.29) is 38.5 Å². The number of rotatable bonds is 10. The quantitative estimate of drug-likeness (QED) is 0.418. The van der Waals surface area contributed by atoms with Crippen LogP contribution in [0.4, 0.5) is 4.79 Å². The van der Waals surface area contributed by atoms with E-state index >= 15 is 0 Å². The van der Waals surface area contributed by atoms with Crippen molar-refractivity contribution >= 4 is 18.0 Å². The van der Waals surface area contributed by atoms with Gasteiger partial charge in [-0.3, -0.25) is 9.59 Å². The summed E-state index contributed by atoms with van der Waals surface area (Å²) in [6, 6.07) is 14.8. The van der Waals surface area contributed by atoms with Gasteiger partial charge in [0.25, 0.3) is 0 Å². The lowest BCUT2D eigenvalue weighted by Crippen LogP contribution is -2.56. The molecule has 1 atom stereocenters. The molecule has 2 amide bonds. The van der Waals surface area contributed by atoms with Crippen LogP contribution in [0.1, 0.15) is 29.9 Å². The number of carboxylic acid groups (broad SMARTS) is 1. The summed E-state index contributed by atoms with van der Waals surface area (Å²) in [6.07, 6.45) is -1.18. The van der Waals surface area contributed by atoms with Crippen molar-refractivity contribution in [1.29, 1.82) is 0 Å². The monoisotopic (exact) mass is 468 g/mol. The summed E-state index contributed by atoms with van der Waals surface area (Å²) in [4.78, 5) is 36.3. The smallest absolute Gasteiger partial charge is 0.407 e. The van der Waals surface area contributed by atoms with E-state index in [2.05, 4.69) is 10.6 Å². The summed E-state index contributed by atoms with van der Waals surface area (Å²) >= 11 is 0. The highest BCUT2D eigenvalue weighted by Gasteiger charge is 2.39. The minimum Gasteiger partial charge on any atom is -0.481 e. The number of fused-ring (bicyclic) bond motifs is 3. The molecule has 0 aromatic heterocycles. The Labute approximate surface area is 197 Å². The number of hydrogen-bond acceptors (Lipinski definition) is 6. The van der Waals surface area contributed by atoms with Gasteiger partial charge in [-0.1, -0.05) is 48.5 Å². The fraction of sp³-hybridized carbons (Fsp3) is 0.400. The van der Waals surface area contributed by atoms with Gasteiger partial charge >= 0.3 is 12.1 Å². The second-order valence-electron chi connectivity index (χ2n) is 8.82. The van der Waals surface area contributed by atoms with E-state index in [0.717, 1.165) is 22.3 Å². The Kier molecular flexibility index (Phi) is 7.14. The zero-order valence-corrected chi connectivity index (χ0v) is 18.7. The molecule has 1 aliphatic heterocycles. The van der Waals surface area contributed by atoms with Gasteiger partial charge in [-0.05, 0) is 28.7 Å². The van der Waals surface area contributed by atoms with Crippen LogP contribution in [0.25, 0.3) is 11.1 Å². The summed E-state index contributed by atoms with van der Waals surface area (Å²) < 4.78 is 10.6. The third kappa shape index (κ3) is 5.05. The van der Waals surface area contributed by atoms with Gasteiger partial charge in [-0.2, -0.15) is 0 Å². The summed E-state index contributed by atoms with van der Waals surface area (Å²) in [6.45, 7) is 0.746. The maximum absolute atomic E-state index is 12.7. The fourth-order valence-corrected chi connectivity index (χ4v) is 4.36. The van der Waals surface area contributed by atoms with Crippen molar-refractivity contribution in [2.45, 2.75) is 24.8 Å². The zero-order valence-electron chi connectivity index (χ0n) is 18.7. The number of aliphatic hydroxyl groups is 1. The van der Waals surface area contributed by atoms with Crippen molar-refractivity contribution in [2.75, 3.05) is 33.0 Å². The van der Waals surface area contributed by atoms with E-state index in [1.807, 2.05) is 48.5 Å². The molecule has 4 rings (SSSR count). The average Bonchev–Trinajstić information content (AvgIpc) is 3.13. The van der Waals surface area contributed by atoms with Crippen molar-refractivity contribution in [3.05, 3.63) is 59.7 Å². The van der Waals surface area contributed by atoms with E-state index in [4.69, 9.17) is 14.6 Å². The highest BCUT2D eigenvalue weighted by Crippen LogP contribution is 2.44. The molecule has 1 aliphatic carbocycles. The molecule has 0 spiro atoms. The van der Waals surface area contributed by atoms with Crippen molar-refractivity contribution in [2.24, 2.45) is 5.41 Å². The number of benzene rings is 2. The number of aliphatic hydroxyl groups excluding tert-OH is 1. The van der Waals surface area contributed by atoms with Crippen LogP contribution in [-0.2, 0) is 19.1 Å². The molecule has 180 valence electrons. The molecule has 34 heavy (non-hydrogen) atoms. The van der Waals surface area contributed by atoms with Gasteiger partial charge in [-0.15, -0.1) is 0 Å². The van der Waals surface area contributed by atoms with E-state index in [9.17, 15) is 19.5 Å². The van der Waals surface area contributed by atoms with E-state index in [1.165, 1.54) is 0 Å². The molecule has 2 aromatic rings.